The number of hydrogen-bond donors (Lipinski definition) is 4. The molecule has 33 heavy (non-hydrogen) atoms. The van der Waals surface area contributed by atoms with Crippen LogP contribution in [0.5, 0.6) is 0 Å². The fourth-order valence-electron chi connectivity index (χ4n) is 3.08. The maximum absolute atomic E-state index is 9.23. The van der Waals surface area contributed by atoms with Gasteiger partial charge in [-0.25, -0.2) is 0 Å². The predicted molar refractivity (Wildman–Crippen MR) is 142 cm³/mol. The average Bonchev–Trinajstić information content (AvgIpc) is 2.58. The molecule has 2 unspecified atom stereocenters. The number of methoxy groups -OCH3 is 1. The lowest BCUT2D eigenvalue weighted by atomic mass is 9.62. The van der Waals surface area contributed by atoms with E-state index in [9.17, 15) is 4.79 Å². The van der Waals surface area contributed by atoms with Crippen LogP contribution in [-0.4, -0.2) is 62.2 Å². The summed E-state index contributed by atoms with van der Waals surface area (Å²) >= 11 is 0. The standard InChI is InChI=1S/C11H23N.C3H6O3.C2H4O2.CH5NO2.6CH4.H2O/c1-5-11(4)7-9(12)6-10(2,3)8-11;4-1-2-6-3-5;2*1-4-2-3;;;;;;;/h9H,5-8,12H2,1-4H3;3-4H,1-2H2;2H,1H3;2-3H,1H3;6*1H4;1H2. The average molecular weight is 497 g/mol. The Morgan fingerprint density at radius 1 is 1.00 bits per heavy atom. The third kappa shape index (κ3) is 49.1. The molecule has 10 nitrogen and oxygen atoms in total. The van der Waals surface area contributed by atoms with Gasteiger partial charge in [-0.05, 0) is 30.1 Å². The van der Waals surface area contributed by atoms with E-state index >= 15 is 0 Å². The number of aliphatic hydroxyl groups excluding tert-OH is 1. The molecule has 0 aromatic carbocycles. The summed E-state index contributed by atoms with van der Waals surface area (Å²) in [6.45, 7) is 10.0. The molecule has 1 saturated carbocycles. The van der Waals surface area contributed by atoms with Crippen molar-refractivity contribution in [2.45, 2.75) is 104 Å². The van der Waals surface area contributed by atoms with Gasteiger partial charge in [0.05, 0.1) is 20.8 Å². The molecule has 0 bridgehead atoms. The topological polar surface area (TPSA) is 172 Å². The molecule has 0 aliphatic heterocycles. The summed E-state index contributed by atoms with van der Waals surface area (Å²) in [7, 11) is 2.63. The Hall–Kier alpha value is -1.30. The van der Waals surface area contributed by atoms with E-state index in [2.05, 4.69) is 42.0 Å². The molecule has 0 radical (unpaired) electrons. The highest BCUT2D eigenvalue weighted by atomic mass is 16.8. The highest BCUT2D eigenvalue weighted by molar-refractivity contribution is 5.36. The van der Waals surface area contributed by atoms with Gasteiger partial charge in [0.1, 0.15) is 6.61 Å². The van der Waals surface area contributed by atoms with Crippen molar-refractivity contribution >= 4 is 12.9 Å². The summed E-state index contributed by atoms with van der Waals surface area (Å²) in [5.41, 5.74) is 8.45. The Labute approximate surface area is 206 Å². The molecule has 10 heteroatoms. The van der Waals surface area contributed by atoms with Gasteiger partial charge in [-0.2, -0.15) is 0 Å². The fraction of sp³-hybridized carbons (Fsp3) is 0.913. The first-order valence-electron chi connectivity index (χ1n) is 8.42. The minimum absolute atomic E-state index is 0. The zero-order valence-electron chi connectivity index (χ0n) is 17.5. The molecule has 214 valence electrons. The molecule has 0 aromatic heterocycles. The lowest BCUT2D eigenvalue weighted by molar-refractivity contribution is -0.129. The van der Waals surface area contributed by atoms with Crippen LogP contribution < -0.4 is 11.4 Å². The molecule has 0 saturated heterocycles. The molecule has 1 aliphatic rings. The van der Waals surface area contributed by atoms with E-state index in [0.29, 0.717) is 29.8 Å². The summed E-state index contributed by atoms with van der Waals surface area (Å²) in [6, 6.07) is 0.429. The molecule has 1 fully saturated rings. The number of aliphatic hydroxyl groups is 1. The monoisotopic (exact) mass is 496 g/mol. The zero-order valence-corrected chi connectivity index (χ0v) is 17.5. The Balaban J connectivity index is -0.0000000277. The van der Waals surface area contributed by atoms with Crippen LogP contribution in [0.4, 0.5) is 0 Å². The summed E-state index contributed by atoms with van der Waals surface area (Å²) in [6.07, 6.45) is 5.02. The number of rotatable bonds is 6. The molecule has 7 N–H and O–H groups in total. The van der Waals surface area contributed by atoms with Crippen molar-refractivity contribution in [3.8, 4) is 0 Å². The van der Waals surface area contributed by atoms with Gasteiger partial charge in [-0.3, -0.25) is 19.6 Å². The minimum Gasteiger partial charge on any atom is -0.471 e. The number of carbonyl (C=O) groups excluding carboxylic acids is 2. The number of ether oxygens (including phenoxy) is 2. The summed E-state index contributed by atoms with van der Waals surface area (Å²) in [5, 5.41) is 15.3. The smallest absolute Gasteiger partial charge is 0.293 e. The van der Waals surface area contributed by atoms with Crippen LogP contribution in [0.1, 0.15) is 97.9 Å². The van der Waals surface area contributed by atoms with Crippen LogP contribution >= 0.6 is 0 Å². The third-order valence-corrected chi connectivity index (χ3v) is 3.79. The van der Waals surface area contributed by atoms with Gasteiger partial charge >= 0.3 is 0 Å². The highest BCUT2D eigenvalue weighted by Gasteiger charge is 2.38. The molecular formula is C23H64N2O8. The lowest BCUT2D eigenvalue weighted by Gasteiger charge is -2.45. The largest absolute Gasteiger partial charge is 0.471 e. The SMILES string of the molecule is C.C.C.C.C.C.CCC1(C)CC(N)CC(C)(C)C1.COC=O.CONO.O.O=COCCO. The van der Waals surface area contributed by atoms with Gasteiger partial charge in [0, 0.05) is 6.04 Å². The second kappa shape index (κ2) is 41.0. The quantitative estimate of drug-likeness (QED) is 0.236. The van der Waals surface area contributed by atoms with E-state index in [1.165, 1.54) is 45.5 Å². The Bertz CT molecular complexity index is 334. The Kier molecular flexibility index (Phi) is 78.8. The normalized spacial score (nSPS) is 17.9. The van der Waals surface area contributed by atoms with Gasteiger partial charge in [-0.1, -0.05) is 84.3 Å². The summed E-state index contributed by atoms with van der Waals surface area (Å²) < 4.78 is 7.91. The number of carbonyl (C=O) groups is 2. The molecule has 1 aliphatic carbocycles. The third-order valence-electron chi connectivity index (χ3n) is 3.79. The number of nitrogens with two attached hydrogens (primary N) is 1. The number of hydrogen-bond acceptors (Lipinski definition) is 9. The Morgan fingerprint density at radius 3 is 1.58 bits per heavy atom. The van der Waals surface area contributed by atoms with Crippen molar-refractivity contribution in [2.24, 2.45) is 16.6 Å². The van der Waals surface area contributed by atoms with E-state index in [0.717, 1.165) is 0 Å². The second-order valence-corrected chi connectivity index (χ2v) is 6.99. The van der Waals surface area contributed by atoms with E-state index in [4.69, 9.17) is 20.8 Å². The van der Waals surface area contributed by atoms with Crippen molar-refractivity contribution in [3.63, 3.8) is 0 Å². The van der Waals surface area contributed by atoms with Crippen molar-refractivity contribution in [2.75, 3.05) is 27.4 Å². The molecule has 1 rings (SSSR count). The van der Waals surface area contributed by atoms with Gasteiger partial charge in [0.15, 0.2) is 0 Å². The maximum Gasteiger partial charge on any atom is 0.293 e. The Morgan fingerprint density at radius 2 is 1.39 bits per heavy atom. The van der Waals surface area contributed by atoms with Crippen molar-refractivity contribution in [1.82, 2.24) is 5.64 Å². The molecule has 2 atom stereocenters. The van der Waals surface area contributed by atoms with Crippen LogP contribution in [0.25, 0.3) is 0 Å². The first kappa shape index (κ1) is 63.4. The van der Waals surface area contributed by atoms with Gasteiger partial charge in [-0.15, -0.1) is 0 Å². The van der Waals surface area contributed by atoms with Crippen LogP contribution in [0, 0.1) is 10.8 Å². The van der Waals surface area contributed by atoms with Crippen LogP contribution in [0.15, 0.2) is 0 Å². The van der Waals surface area contributed by atoms with Crippen LogP contribution in [0.3, 0.4) is 0 Å². The summed E-state index contributed by atoms with van der Waals surface area (Å²) in [5.74, 6) is 0. The van der Waals surface area contributed by atoms with Gasteiger partial charge in [0.25, 0.3) is 12.9 Å². The molecule has 0 heterocycles. The summed E-state index contributed by atoms with van der Waals surface area (Å²) in [4.78, 5) is 22.0. The second-order valence-electron chi connectivity index (χ2n) is 6.99. The van der Waals surface area contributed by atoms with Crippen LogP contribution in [0.2, 0.25) is 0 Å². The first-order chi connectivity index (χ1) is 12.1. The van der Waals surface area contributed by atoms with Crippen molar-refractivity contribution in [3.05, 3.63) is 0 Å². The van der Waals surface area contributed by atoms with E-state index in [-0.39, 0.29) is 63.2 Å². The fourth-order valence-corrected chi connectivity index (χ4v) is 3.08. The minimum atomic E-state index is -0.0985. The van der Waals surface area contributed by atoms with Gasteiger partial charge < -0.3 is 25.8 Å². The first-order valence-corrected chi connectivity index (χ1v) is 8.42. The van der Waals surface area contributed by atoms with Crippen LogP contribution in [-0.2, 0) is 23.9 Å². The maximum atomic E-state index is 9.23. The number of nitrogens with one attached hydrogen (secondary N) is 1. The molecule has 0 amide bonds. The van der Waals surface area contributed by atoms with Crippen molar-refractivity contribution in [1.29, 1.82) is 0 Å². The van der Waals surface area contributed by atoms with E-state index < -0.39 is 0 Å². The van der Waals surface area contributed by atoms with Gasteiger partial charge in [0.2, 0.25) is 0 Å². The molecular weight excluding hydrogens is 432 g/mol. The molecule has 0 aromatic rings. The molecule has 0 spiro atoms. The van der Waals surface area contributed by atoms with E-state index in [1.54, 1.807) is 0 Å². The predicted octanol–water partition coefficient (Wildman–Crippen LogP) is 4.40. The zero-order chi connectivity index (χ0) is 21.1. The highest BCUT2D eigenvalue weighted by Crippen LogP contribution is 2.47. The van der Waals surface area contributed by atoms with E-state index in [1.807, 2.05) is 0 Å². The lowest BCUT2D eigenvalue weighted by Crippen LogP contribution is -2.41. The van der Waals surface area contributed by atoms with Crippen molar-refractivity contribution < 1.29 is 39.7 Å².